The molecule has 240 valence electrons. The van der Waals surface area contributed by atoms with Crippen LogP contribution in [-0.2, 0) is 25.4 Å². The van der Waals surface area contributed by atoms with E-state index in [1.54, 1.807) is 0 Å². The Labute approximate surface area is 265 Å². The molecule has 1 saturated heterocycles. The number of hydrogen-bond acceptors (Lipinski definition) is 6. The second-order valence-electron chi connectivity index (χ2n) is 10.1. The number of rotatable bonds is 6. The molecule has 44 heavy (non-hydrogen) atoms. The zero-order valence-corrected chi connectivity index (χ0v) is 26.3. The summed E-state index contributed by atoms with van der Waals surface area (Å²) in [5, 5.41) is 15.7. The maximum absolute atomic E-state index is 12.6. The number of aldehydes is 1. The number of halogens is 5. The van der Waals surface area contributed by atoms with Gasteiger partial charge in [0.15, 0.2) is 0 Å². The minimum Gasteiger partial charge on any atom is -0.388 e. The Kier molecular flexibility index (Phi) is 16.3. The summed E-state index contributed by atoms with van der Waals surface area (Å²) >= 11 is 11.1. The number of nitrogens with one attached hydrogen (secondary N) is 3. The third-order valence-corrected chi connectivity index (χ3v) is 7.08. The molecule has 4 rings (SSSR count). The fourth-order valence-electron chi connectivity index (χ4n) is 3.81. The van der Waals surface area contributed by atoms with Gasteiger partial charge in [-0.3, -0.25) is 14.4 Å². The summed E-state index contributed by atoms with van der Waals surface area (Å²) in [7, 11) is 1.91. The third-order valence-electron chi connectivity index (χ3n) is 6.57. The van der Waals surface area contributed by atoms with Crippen LogP contribution in [0.4, 0.5) is 24.5 Å². The van der Waals surface area contributed by atoms with Gasteiger partial charge in [0, 0.05) is 37.1 Å². The molecule has 0 spiro atoms. The van der Waals surface area contributed by atoms with Crippen LogP contribution in [0.3, 0.4) is 0 Å². The van der Waals surface area contributed by atoms with E-state index < -0.39 is 29.4 Å². The standard InChI is InChI=1S/C9H6Cl2F3NO.C9H11N3O3.C7H9N.C5H10/c1-4(16)15-8-6(9(12,13)14)2-5(10)3-7(8)11;10-2-8-1-7(5-13)4-12(8)9(15)3-11-6-14;1-8-7-5-3-2-4-6-7;1-4-3-5(4)2/h2-3H,1H3,(H,15,16);5-8H,1,3-4H2,(H,11,14);2-6,8H,1H3;4-5H,3H2,1-2H3. The van der Waals surface area contributed by atoms with E-state index in [9.17, 15) is 32.3 Å². The lowest BCUT2D eigenvalue weighted by Crippen LogP contribution is -2.40. The first-order chi connectivity index (χ1) is 20.7. The summed E-state index contributed by atoms with van der Waals surface area (Å²) in [5.74, 6) is 0.854. The van der Waals surface area contributed by atoms with Gasteiger partial charge in [-0.25, -0.2) is 0 Å². The first kappa shape index (κ1) is 38.2. The Bertz CT molecular complexity index is 1290. The molecule has 4 atom stereocenters. The molecule has 2 aromatic rings. The summed E-state index contributed by atoms with van der Waals surface area (Å²) in [6.07, 6.45) is -1.60. The van der Waals surface area contributed by atoms with Gasteiger partial charge < -0.3 is 25.6 Å². The van der Waals surface area contributed by atoms with Crippen LogP contribution >= 0.6 is 23.2 Å². The van der Waals surface area contributed by atoms with Crippen LogP contribution < -0.4 is 16.0 Å². The largest absolute Gasteiger partial charge is 0.418 e. The van der Waals surface area contributed by atoms with Crippen molar-refractivity contribution in [1.29, 1.82) is 5.26 Å². The van der Waals surface area contributed by atoms with Crippen molar-refractivity contribution in [2.45, 2.75) is 45.8 Å². The second-order valence-corrected chi connectivity index (χ2v) is 11.0. The smallest absolute Gasteiger partial charge is 0.388 e. The lowest BCUT2D eigenvalue weighted by molar-refractivity contribution is -0.137. The maximum Gasteiger partial charge on any atom is 0.418 e. The van der Waals surface area contributed by atoms with Crippen LogP contribution in [0.1, 0.15) is 39.2 Å². The fraction of sp³-hybridized carbons (Fsp3) is 0.433. The topological polar surface area (TPSA) is 131 Å². The van der Waals surface area contributed by atoms with Crippen molar-refractivity contribution in [3.8, 4) is 6.07 Å². The number of carbonyl (C=O) groups excluding carboxylic acids is 4. The predicted octanol–water partition coefficient (Wildman–Crippen LogP) is 6.03. The summed E-state index contributed by atoms with van der Waals surface area (Å²) in [6.45, 7) is 5.81. The highest BCUT2D eigenvalue weighted by Gasteiger charge is 2.36. The average Bonchev–Trinajstić information content (AvgIpc) is 3.45. The summed E-state index contributed by atoms with van der Waals surface area (Å²) in [5.41, 5.74) is -0.390. The minimum absolute atomic E-state index is 0.132. The second kappa shape index (κ2) is 18.8. The van der Waals surface area contributed by atoms with E-state index in [1.807, 2.05) is 48.8 Å². The van der Waals surface area contributed by atoms with Crippen molar-refractivity contribution in [3.63, 3.8) is 0 Å². The van der Waals surface area contributed by atoms with E-state index >= 15 is 0 Å². The van der Waals surface area contributed by atoms with E-state index in [0.717, 1.165) is 36.8 Å². The van der Waals surface area contributed by atoms with E-state index in [-0.39, 0.29) is 35.0 Å². The number of likely N-dealkylation sites (tertiary alicyclic amines) is 1. The van der Waals surface area contributed by atoms with Gasteiger partial charge in [0.1, 0.15) is 12.3 Å². The van der Waals surface area contributed by atoms with Crippen LogP contribution in [0, 0.1) is 29.1 Å². The SMILES string of the molecule is CC(=O)Nc1c(Cl)cc(Cl)cc1C(F)(F)F.CC1CC1C.CNc1ccccc1.N#CC1CC(C=O)CN1C(=O)CNC=O. The van der Waals surface area contributed by atoms with Crippen molar-refractivity contribution in [1.82, 2.24) is 10.2 Å². The Balaban J connectivity index is 0.000000317. The summed E-state index contributed by atoms with van der Waals surface area (Å²) < 4.78 is 37.8. The summed E-state index contributed by atoms with van der Waals surface area (Å²) in [6, 6.07) is 13.3. The van der Waals surface area contributed by atoms with Crippen LogP contribution in [0.5, 0.6) is 0 Å². The summed E-state index contributed by atoms with van der Waals surface area (Å²) in [4.78, 5) is 44.1. The van der Waals surface area contributed by atoms with Crippen molar-refractivity contribution < 1.29 is 32.3 Å². The van der Waals surface area contributed by atoms with Gasteiger partial charge >= 0.3 is 6.18 Å². The van der Waals surface area contributed by atoms with Crippen LogP contribution in [0.25, 0.3) is 0 Å². The molecule has 9 nitrogen and oxygen atoms in total. The zero-order valence-electron chi connectivity index (χ0n) is 24.8. The molecule has 0 bridgehead atoms. The lowest BCUT2D eigenvalue weighted by Gasteiger charge is -2.18. The van der Waals surface area contributed by atoms with Gasteiger partial charge in [-0.15, -0.1) is 0 Å². The number of para-hydroxylation sites is 1. The maximum atomic E-state index is 12.6. The van der Waals surface area contributed by atoms with E-state index in [0.29, 0.717) is 18.9 Å². The molecule has 3 amide bonds. The first-order valence-corrected chi connectivity index (χ1v) is 14.3. The van der Waals surface area contributed by atoms with Gasteiger partial charge in [-0.05, 0) is 48.9 Å². The molecule has 14 heteroatoms. The fourth-order valence-corrected chi connectivity index (χ4v) is 4.35. The minimum atomic E-state index is -4.63. The first-order valence-electron chi connectivity index (χ1n) is 13.6. The van der Waals surface area contributed by atoms with Gasteiger partial charge in [-0.2, -0.15) is 18.4 Å². The molecule has 1 saturated carbocycles. The Morgan fingerprint density at radius 3 is 2.09 bits per heavy atom. The molecule has 4 unspecified atom stereocenters. The highest BCUT2D eigenvalue weighted by Crippen LogP contribution is 2.40. The van der Waals surface area contributed by atoms with Crippen molar-refractivity contribution in [3.05, 3.63) is 58.1 Å². The number of hydrogen-bond donors (Lipinski definition) is 3. The molecule has 0 radical (unpaired) electrons. The van der Waals surface area contributed by atoms with Gasteiger partial charge in [0.2, 0.25) is 18.2 Å². The predicted molar refractivity (Wildman–Crippen MR) is 164 cm³/mol. The molecule has 1 aliphatic heterocycles. The molecular weight excluding hydrogens is 622 g/mol. The van der Waals surface area contributed by atoms with Crippen molar-refractivity contribution >= 4 is 59.1 Å². The zero-order chi connectivity index (χ0) is 33.4. The Morgan fingerprint density at radius 1 is 1.09 bits per heavy atom. The van der Waals surface area contributed by atoms with Crippen molar-refractivity contribution in [2.24, 2.45) is 17.8 Å². The molecule has 3 N–H and O–H groups in total. The van der Waals surface area contributed by atoms with E-state index in [4.69, 9.17) is 28.5 Å². The lowest BCUT2D eigenvalue weighted by atomic mass is 10.1. The van der Waals surface area contributed by atoms with Gasteiger partial charge in [-0.1, -0.05) is 55.2 Å². The normalized spacial score (nSPS) is 19.6. The molecular formula is C30H36Cl2F3N5O4. The molecule has 0 aromatic heterocycles. The van der Waals surface area contributed by atoms with Crippen LogP contribution in [0.15, 0.2) is 42.5 Å². The van der Waals surface area contributed by atoms with E-state index in [2.05, 4.69) is 24.5 Å². The average molecular weight is 659 g/mol. The van der Waals surface area contributed by atoms with Gasteiger partial charge in [0.25, 0.3) is 0 Å². The number of anilines is 2. The quantitative estimate of drug-likeness (QED) is 0.325. The van der Waals surface area contributed by atoms with E-state index in [1.165, 1.54) is 11.3 Å². The number of carbonyl (C=O) groups is 4. The van der Waals surface area contributed by atoms with Crippen LogP contribution in [-0.4, -0.2) is 55.6 Å². The number of nitrogens with zero attached hydrogens (tertiary/aromatic N) is 2. The number of nitriles is 1. The number of amides is 3. The molecule has 2 fully saturated rings. The Hall–Kier alpha value is -3.82. The highest BCUT2D eigenvalue weighted by molar-refractivity contribution is 6.37. The van der Waals surface area contributed by atoms with Crippen LogP contribution in [0.2, 0.25) is 10.0 Å². The molecule has 2 aromatic carbocycles. The molecule has 2 aliphatic rings. The monoisotopic (exact) mass is 657 g/mol. The van der Waals surface area contributed by atoms with Gasteiger partial charge in [0.05, 0.1) is 28.9 Å². The highest BCUT2D eigenvalue weighted by atomic mass is 35.5. The third kappa shape index (κ3) is 13.7. The number of alkyl halides is 3. The van der Waals surface area contributed by atoms with Crippen molar-refractivity contribution in [2.75, 3.05) is 30.8 Å². The molecule has 1 heterocycles. The molecule has 1 aliphatic carbocycles. The Morgan fingerprint density at radius 2 is 1.68 bits per heavy atom. The number of benzene rings is 2.